The van der Waals surface area contributed by atoms with E-state index in [1.54, 1.807) is 6.92 Å². The van der Waals surface area contributed by atoms with Gasteiger partial charge in [0.2, 0.25) is 5.91 Å². The van der Waals surface area contributed by atoms with Gasteiger partial charge in [-0.15, -0.1) is 0 Å². The first kappa shape index (κ1) is 11.0. The molecule has 0 aliphatic heterocycles. The molecule has 1 N–H and O–H groups in total. The van der Waals surface area contributed by atoms with Gasteiger partial charge in [-0.05, 0) is 26.2 Å². The molecular formula is C10H17NO3. The third-order valence-corrected chi connectivity index (χ3v) is 2.11. The first-order valence-electron chi connectivity index (χ1n) is 5.17. The third kappa shape index (κ3) is 4.25. The van der Waals surface area contributed by atoms with Crippen molar-refractivity contribution in [2.75, 3.05) is 13.2 Å². The second kappa shape index (κ2) is 5.62. The Balaban J connectivity index is 1.93. The fourth-order valence-corrected chi connectivity index (χ4v) is 1.17. The molecule has 4 heteroatoms. The predicted octanol–water partition coefficient (Wildman–Crippen LogP) is 0.856. The normalized spacial score (nSPS) is 14.9. The summed E-state index contributed by atoms with van der Waals surface area (Å²) in [6.07, 6.45) is 3.09. The Kier molecular flexibility index (Phi) is 4.43. The molecule has 0 radical (unpaired) electrons. The highest BCUT2D eigenvalue weighted by Crippen LogP contribution is 2.28. The zero-order valence-corrected chi connectivity index (χ0v) is 8.54. The van der Waals surface area contributed by atoms with E-state index in [9.17, 15) is 9.59 Å². The van der Waals surface area contributed by atoms with Crippen LogP contribution in [-0.4, -0.2) is 25.0 Å². The molecule has 0 saturated heterocycles. The van der Waals surface area contributed by atoms with Crippen LogP contribution in [-0.2, 0) is 14.3 Å². The minimum Gasteiger partial charge on any atom is -0.466 e. The zero-order chi connectivity index (χ0) is 10.4. The molecule has 1 aliphatic rings. The first-order chi connectivity index (χ1) is 6.74. The Bertz CT molecular complexity index is 211. The number of carbonyl (C=O) groups is 2. The van der Waals surface area contributed by atoms with Crippen LogP contribution in [0.15, 0.2) is 0 Å². The maximum atomic E-state index is 11.1. The Morgan fingerprint density at radius 1 is 1.43 bits per heavy atom. The van der Waals surface area contributed by atoms with E-state index in [1.165, 1.54) is 0 Å². The van der Waals surface area contributed by atoms with E-state index in [4.69, 9.17) is 4.74 Å². The van der Waals surface area contributed by atoms with Gasteiger partial charge in [-0.1, -0.05) is 0 Å². The number of nitrogens with one attached hydrogen (secondary N) is 1. The quantitative estimate of drug-likeness (QED) is 0.510. The lowest BCUT2D eigenvalue weighted by molar-refractivity contribution is -0.143. The van der Waals surface area contributed by atoms with E-state index in [-0.39, 0.29) is 17.8 Å². The van der Waals surface area contributed by atoms with E-state index in [0.29, 0.717) is 26.0 Å². The lowest BCUT2D eigenvalue weighted by Gasteiger charge is -2.03. The molecule has 14 heavy (non-hydrogen) atoms. The molecule has 80 valence electrons. The Labute approximate surface area is 84.0 Å². The molecular weight excluding hydrogens is 182 g/mol. The lowest BCUT2D eigenvalue weighted by Crippen LogP contribution is -2.26. The minimum absolute atomic E-state index is 0.133. The number of hydrogen-bond donors (Lipinski definition) is 1. The van der Waals surface area contributed by atoms with Crippen molar-refractivity contribution in [3.63, 3.8) is 0 Å². The van der Waals surface area contributed by atoms with Gasteiger partial charge in [0.1, 0.15) is 0 Å². The van der Waals surface area contributed by atoms with E-state index in [0.717, 1.165) is 12.8 Å². The topological polar surface area (TPSA) is 55.4 Å². The van der Waals surface area contributed by atoms with E-state index in [2.05, 4.69) is 5.32 Å². The van der Waals surface area contributed by atoms with Crippen molar-refractivity contribution < 1.29 is 14.3 Å². The van der Waals surface area contributed by atoms with Crippen molar-refractivity contribution >= 4 is 11.9 Å². The highest BCUT2D eigenvalue weighted by atomic mass is 16.5. The molecule has 0 aromatic carbocycles. The molecule has 1 amide bonds. The third-order valence-electron chi connectivity index (χ3n) is 2.11. The molecule has 0 atom stereocenters. The van der Waals surface area contributed by atoms with Crippen molar-refractivity contribution in [1.82, 2.24) is 5.32 Å². The summed E-state index contributed by atoms with van der Waals surface area (Å²) in [5, 5.41) is 2.80. The van der Waals surface area contributed by atoms with Gasteiger partial charge in [0, 0.05) is 18.9 Å². The SMILES string of the molecule is CCOC(=O)CCCNC(=O)C1CC1. The van der Waals surface area contributed by atoms with Crippen LogP contribution >= 0.6 is 0 Å². The molecule has 0 unspecified atom stereocenters. The molecule has 0 aromatic rings. The van der Waals surface area contributed by atoms with Gasteiger partial charge in [0.05, 0.1) is 6.61 Å². The Hall–Kier alpha value is -1.06. The molecule has 0 bridgehead atoms. The molecule has 1 saturated carbocycles. The minimum atomic E-state index is -0.187. The number of esters is 1. The summed E-state index contributed by atoms with van der Waals surface area (Å²) in [5.74, 6) is 0.194. The zero-order valence-electron chi connectivity index (χ0n) is 8.54. The van der Waals surface area contributed by atoms with Gasteiger partial charge >= 0.3 is 5.97 Å². The molecule has 0 spiro atoms. The predicted molar refractivity (Wildman–Crippen MR) is 51.6 cm³/mol. The van der Waals surface area contributed by atoms with Crippen molar-refractivity contribution in [2.24, 2.45) is 5.92 Å². The highest BCUT2D eigenvalue weighted by molar-refractivity contribution is 5.80. The van der Waals surface area contributed by atoms with Crippen molar-refractivity contribution in [3.05, 3.63) is 0 Å². The fourth-order valence-electron chi connectivity index (χ4n) is 1.17. The molecule has 1 fully saturated rings. The molecule has 1 rings (SSSR count). The average molecular weight is 199 g/mol. The van der Waals surface area contributed by atoms with Crippen molar-refractivity contribution in [2.45, 2.75) is 32.6 Å². The first-order valence-corrected chi connectivity index (χ1v) is 5.17. The largest absolute Gasteiger partial charge is 0.466 e. The van der Waals surface area contributed by atoms with Crippen LogP contribution in [0.5, 0.6) is 0 Å². The summed E-state index contributed by atoms with van der Waals surface area (Å²) in [4.78, 5) is 22.0. The van der Waals surface area contributed by atoms with Gasteiger partial charge in [-0.2, -0.15) is 0 Å². The number of carbonyl (C=O) groups excluding carboxylic acids is 2. The number of amides is 1. The van der Waals surface area contributed by atoms with Gasteiger partial charge in [-0.3, -0.25) is 9.59 Å². The summed E-state index contributed by atoms with van der Waals surface area (Å²) < 4.78 is 4.76. The van der Waals surface area contributed by atoms with Crippen molar-refractivity contribution in [1.29, 1.82) is 0 Å². The lowest BCUT2D eigenvalue weighted by atomic mass is 10.3. The molecule has 4 nitrogen and oxygen atoms in total. The van der Waals surface area contributed by atoms with Crippen LogP contribution in [0.4, 0.5) is 0 Å². The molecule has 0 aromatic heterocycles. The molecule has 1 aliphatic carbocycles. The monoisotopic (exact) mass is 199 g/mol. The summed E-state index contributed by atoms with van der Waals surface area (Å²) in [6.45, 7) is 2.79. The van der Waals surface area contributed by atoms with E-state index in [1.807, 2.05) is 0 Å². The van der Waals surface area contributed by atoms with Gasteiger partial charge in [0.15, 0.2) is 0 Å². The summed E-state index contributed by atoms with van der Waals surface area (Å²) in [6, 6.07) is 0. The second-order valence-electron chi connectivity index (χ2n) is 3.47. The standard InChI is InChI=1S/C10H17NO3/c1-2-14-9(12)4-3-7-11-10(13)8-5-6-8/h8H,2-7H2,1H3,(H,11,13). The van der Waals surface area contributed by atoms with Crippen LogP contribution in [0.2, 0.25) is 0 Å². The van der Waals surface area contributed by atoms with E-state index >= 15 is 0 Å². The second-order valence-corrected chi connectivity index (χ2v) is 3.47. The smallest absolute Gasteiger partial charge is 0.305 e. The summed E-state index contributed by atoms with van der Waals surface area (Å²) >= 11 is 0. The Morgan fingerprint density at radius 3 is 2.71 bits per heavy atom. The van der Waals surface area contributed by atoms with Gasteiger partial charge in [-0.25, -0.2) is 0 Å². The molecule has 0 heterocycles. The van der Waals surface area contributed by atoms with Crippen LogP contribution in [0.25, 0.3) is 0 Å². The maximum Gasteiger partial charge on any atom is 0.305 e. The maximum absolute atomic E-state index is 11.1. The van der Waals surface area contributed by atoms with Gasteiger partial charge < -0.3 is 10.1 Å². The number of rotatable bonds is 6. The highest BCUT2D eigenvalue weighted by Gasteiger charge is 2.28. The fraction of sp³-hybridized carbons (Fsp3) is 0.800. The van der Waals surface area contributed by atoms with Gasteiger partial charge in [0.25, 0.3) is 0 Å². The average Bonchev–Trinajstić information content (AvgIpc) is 2.95. The summed E-state index contributed by atoms with van der Waals surface area (Å²) in [5.41, 5.74) is 0. The van der Waals surface area contributed by atoms with Crippen molar-refractivity contribution in [3.8, 4) is 0 Å². The number of hydrogen-bond acceptors (Lipinski definition) is 3. The van der Waals surface area contributed by atoms with Crippen LogP contribution < -0.4 is 5.32 Å². The van der Waals surface area contributed by atoms with E-state index < -0.39 is 0 Å². The van der Waals surface area contributed by atoms with Crippen LogP contribution in [0, 0.1) is 5.92 Å². The van der Waals surface area contributed by atoms with Crippen LogP contribution in [0.1, 0.15) is 32.6 Å². The van der Waals surface area contributed by atoms with Crippen LogP contribution in [0.3, 0.4) is 0 Å². The summed E-state index contributed by atoms with van der Waals surface area (Å²) in [7, 11) is 0. The number of ether oxygens (including phenoxy) is 1. The Morgan fingerprint density at radius 2 is 2.14 bits per heavy atom.